The Bertz CT molecular complexity index is 520. The van der Waals surface area contributed by atoms with Crippen molar-refractivity contribution in [2.75, 3.05) is 12.1 Å². The third kappa shape index (κ3) is 3.11. The van der Waals surface area contributed by atoms with Gasteiger partial charge in [0, 0.05) is 26.9 Å². The molecular formula is C8H9NO5S2. The molecule has 0 aliphatic carbocycles. The summed E-state index contributed by atoms with van der Waals surface area (Å²) in [6, 6.07) is 5.19. The zero-order chi connectivity index (χ0) is 12.3. The number of hydrogen-bond acceptors (Lipinski definition) is 5. The van der Waals surface area contributed by atoms with Crippen LogP contribution in [-0.2, 0) is 20.6 Å². The third-order valence-corrected chi connectivity index (χ3v) is 4.27. The summed E-state index contributed by atoms with van der Waals surface area (Å²) in [6.45, 7) is 0. The second-order valence-electron chi connectivity index (χ2n) is 3.00. The predicted octanol–water partition coefficient (Wildman–Crippen LogP) is 0.432. The molecule has 16 heavy (non-hydrogen) atoms. The van der Waals surface area contributed by atoms with Crippen molar-refractivity contribution in [2.45, 2.75) is 9.79 Å². The van der Waals surface area contributed by atoms with E-state index in [2.05, 4.69) is 0 Å². The lowest BCUT2D eigenvalue weighted by Gasteiger charge is -2.00. The fourth-order valence-corrected chi connectivity index (χ4v) is 2.55. The van der Waals surface area contributed by atoms with E-state index in [1.54, 1.807) is 0 Å². The Balaban J connectivity index is 3.07. The van der Waals surface area contributed by atoms with Gasteiger partial charge in [0.05, 0.1) is 4.90 Å². The van der Waals surface area contributed by atoms with Crippen molar-refractivity contribution < 1.29 is 17.6 Å². The first-order valence-corrected chi connectivity index (χ1v) is 7.32. The van der Waals surface area contributed by atoms with Gasteiger partial charge in [0.1, 0.15) is 0 Å². The Morgan fingerprint density at radius 3 is 2.19 bits per heavy atom. The zero-order valence-corrected chi connectivity index (χ0v) is 9.95. The summed E-state index contributed by atoms with van der Waals surface area (Å²) in [6.07, 6.45) is 1.46. The van der Waals surface area contributed by atoms with Gasteiger partial charge >= 0.3 is 5.88 Å². The molecule has 0 saturated carbocycles. The minimum Gasteiger partial charge on any atom is -0.263 e. The maximum atomic E-state index is 11.4. The van der Waals surface area contributed by atoms with Crippen molar-refractivity contribution in [1.82, 2.24) is 0 Å². The molecule has 1 rings (SSSR count). The smallest absolute Gasteiger partial charge is 0.263 e. The largest absolute Gasteiger partial charge is 0.305 e. The van der Waals surface area contributed by atoms with Crippen LogP contribution < -0.4 is 0 Å². The molecule has 1 aromatic carbocycles. The lowest BCUT2D eigenvalue weighted by atomic mass is 10.4. The van der Waals surface area contributed by atoms with Crippen LogP contribution in [0, 0.1) is 10.1 Å². The molecule has 0 N–H and O–H groups in total. The van der Waals surface area contributed by atoms with Gasteiger partial charge in [-0.15, -0.1) is 0 Å². The maximum Gasteiger partial charge on any atom is 0.305 e. The molecule has 88 valence electrons. The fourth-order valence-electron chi connectivity index (χ4n) is 1.05. The van der Waals surface area contributed by atoms with E-state index in [0.717, 1.165) is 0 Å². The molecule has 0 saturated heterocycles. The molecule has 1 atom stereocenters. The van der Waals surface area contributed by atoms with Crippen LogP contribution in [-0.4, -0.2) is 29.7 Å². The molecule has 0 aliphatic rings. The van der Waals surface area contributed by atoms with Crippen LogP contribution in [0.15, 0.2) is 34.1 Å². The van der Waals surface area contributed by atoms with Gasteiger partial charge < -0.3 is 0 Å². The van der Waals surface area contributed by atoms with E-state index in [4.69, 9.17) is 0 Å². The molecule has 0 bridgehead atoms. The summed E-state index contributed by atoms with van der Waals surface area (Å²) in [4.78, 5) is 9.57. The third-order valence-electron chi connectivity index (χ3n) is 1.79. The highest BCUT2D eigenvalue weighted by Crippen LogP contribution is 2.14. The van der Waals surface area contributed by atoms with E-state index in [1.165, 1.54) is 30.5 Å². The highest BCUT2D eigenvalue weighted by Gasteiger charge is 2.20. The molecule has 0 spiro atoms. The van der Waals surface area contributed by atoms with Crippen LogP contribution in [0.3, 0.4) is 0 Å². The standard InChI is InChI=1S/C8H9NO5S2/c1-15(12)7-2-4-8(5-3-7)16(13,14)6-9(10)11/h2-5H,6H2,1H3. The van der Waals surface area contributed by atoms with Crippen LogP contribution in [0.4, 0.5) is 0 Å². The molecular weight excluding hydrogens is 254 g/mol. The van der Waals surface area contributed by atoms with Crippen molar-refractivity contribution >= 4 is 20.6 Å². The zero-order valence-electron chi connectivity index (χ0n) is 8.32. The Morgan fingerprint density at radius 1 is 1.31 bits per heavy atom. The Hall–Kier alpha value is -1.28. The number of sulfone groups is 1. The number of rotatable bonds is 4. The second-order valence-corrected chi connectivity index (χ2v) is 6.34. The van der Waals surface area contributed by atoms with Crippen molar-refractivity contribution in [3.63, 3.8) is 0 Å². The van der Waals surface area contributed by atoms with E-state index >= 15 is 0 Å². The molecule has 8 heteroatoms. The van der Waals surface area contributed by atoms with E-state index in [-0.39, 0.29) is 4.90 Å². The minimum atomic E-state index is -3.90. The van der Waals surface area contributed by atoms with Crippen molar-refractivity contribution in [2.24, 2.45) is 0 Å². The Labute approximate surface area is 94.8 Å². The van der Waals surface area contributed by atoms with Crippen LogP contribution in [0.2, 0.25) is 0 Å². The van der Waals surface area contributed by atoms with Crippen LogP contribution in [0.25, 0.3) is 0 Å². The summed E-state index contributed by atoms with van der Waals surface area (Å²) < 4.78 is 33.9. The molecule has 0 heterocycles. The highest BCUT2D eigenvalue weighted by molar-refractivity contribution is 7.91. The molecule has 0 radical (unpaired) electrons. The van der Waals surface area contributed by atoms with Crippen LogP contribution in [0.1, 0.15) is 0 Å². The van der Waals surface area contributed by atoms with E-state index in [9.17, 15) is 22.7 Å². The summed E-state index contributed by atoms with van der Waals surface area (Å²) >= 11 is 0. The van der Waals surface area contributed by atoms with E-state index < -0.39 is 31.4 Å². The molecule has 0 amide bonds. The monoisotopic (exact) mass is 263 g/mol. The molecule has 0 fully saturated rings. The minimum absolute atomic E-state index is 0.140. The molecule has 1 unspecified atom stereocenters. The molecule has 0 aromatic heterocycles. The lowest BCUT2D eigenvalue weighted by Crippen LogP contribution is -2.14. The summed E-state index contributed by atoms with van der Waals surface area (Å²) in [5.74, 6) is -1.14. The average molecular weight is 263 g/mol. The van der Waals surface area contributed by atoms with Gasteiger partial charge in [0.2, 0.25) is 9.84 Å². The average Bonchev–Trinajstić information content (AvgIpc) is 2.16. The molecule has 0 aliphatic heterocycles. The Kier molecular flexibility index (Phi) is 3.76. The SMILES string of the molecule is CS(=O)c1ccc(S(=O)(=O)C[N+](=O)[O-])cc1. The summed E-state index contributed by atoms with van der Waals surface area (Å²) in [7, 11) is -5.10. The second kappa shape index (κ2) is 4.71. The first-order valence-electron chi connectivity index (χ1n) is 4.11. The quantitative estimate of drug-likeness (QED) is 0.580. The normalized spacial score (nSPS) is 13.3. The number of nitro groups is 1. The summed E-state index contributed by atoms with van der Waals surface area (Å²) in [5, 5.41) is 10.1. The molecule has 1 aromatic rings. The van der Waals surface area contributed by atoms with Crippen LogP contribution in [0.5, 0.6) is 0 Å². The van der Waals surface area contributed by atoms with E-state index in [0.29, 0.717) is 4.90 Å². The van der Waals surface area contributed by atoms with Gasteiger partial charge in [0.25, 0.3) is 0 Å². The van der Waals surface area contributed by atoms with Crippen molar-refractivity contribution in [3.05, 3.63) is 34.4 Å². The number of benzene rings is 1. The van der Waals surface area contributed by atoms with Crippen LogP contribution >= 0.6 is 0 Å². The van der Waals surface area contributed by atoms with Gasteiger partial charge in [0.15, 0.2) is 0 Å². The first-order chi connectivity index (χ1) is 7.33. The maximum absolute atomic E-state index is 11.4. The first kappa shape index (κ1) is 12.8. The Morgan fingerprint density at radius 2 is 1.81 bits per heavy atom. The van der Waals surface area contributed by atoms with Crippen molar-refractivity contribution in [1.29, 1.82) is 0 Å². The fraction of sp³-hybridized carbons (Fsp3) is 0.250. The predicted molar refractivity (Wildman–Crippen MR) is 57.8 cm³/mol. The van der Waals surface area contributed by atoms with Gasteiger partial charge in [-0.3, -0.25) is 14.3 Å². The van der Waals surface area contributed by atoms with Gasteiger partial charge in [-0.1, -0.05) is 0 Å². The topological polar surface area (TPSA) is 94.3 Å². The van der Waals surface area contributed by atoms with E-state index in [1.807, 2.05) is 0 Å². The summed E-state index contributed by atoms with van der Waals surface area (Å²) in [5.41, 5.74) is 0. The van der Waals surface area contributed by atoms with Gasteiger partial charge in [-0.05, 0) is 24.3 Å². The molecule has 6 nitrogen and oxygen atoms in total. The lowest BCUT2D eigenvalue weighted by molar-refractivity contribution is -0.458. The highest BCUT2D eigenvalue weighted by atomic mass is 32.2. The number of nitrogens with zero attached hydrogens (tertiary/aromatic N) is 1. The van der Waals surface area contributed by atoms with Gasteiger partial charge in [-0.25, -0.2) is 8.42 Å². The van der Waals surface area contributed by atoms with Crippen molar-refractivity contribution in [3.8, 4) is 0 Å². The van der Waals surface area contributed by atoms with Gasteiger partial charge in [-0.2, -0.15) is 0 Å². The number of hydrogen-bond donors (Lipinski definition) is 0.